The zero-order chi connectivity index (χ0) is 22.0. The lowest BCUT2D eigenvalue weighted by atomic mass is 10.1. The largest absolute Gasteiger partial charge is 0.504 e. The van der Waals surface area contributed by atoms with Gasteiger partial charge in [0.15, 0.2) is 16.7 Å². The molecular formula is C25H22N2O3S. The first-order chi connectivity index (χ1) is 15.0. The fourth-order valence-electron chi connectivity index (χ4n) is 3.30. The summed E-state index contributed by atoms with van der Waals surface area (Å²) in [7, 11) is 1.49. The molecule has 0 radical (unpaired) electrons. The van der Waals surface area contributed by atoms with Crippen molar-refractivity contribution in [3.05, 3.63) is 88.3 Å². The number of benzene rings is 3. The monoisotopic (exact) mass is 430 g/mol. The van der Waals surface area contributed by atoms with Crippen molar-refractivity contribution in [3.63, 3.8) is 0 Å². The third kappa shape index (κ3) is 4.20. The van der Waals surface area contributed by atoms with Crippen LogP contribution < -0.4 is 9.64 Å². The number of rotatable bonds is 4. The number of hydrogen-bond acceptors (Lipinski definition) is 5. The average molecular weight is 431 g/mol. The maximum absolute atomic E-state index is 13.4. The zero-order valence-electron chi connectivity index (χ0n) is 17.5. The van der Waals surface area contributed by atoms with E-state index in [9.17, 15) is 9.90 Å². The Morgan fingerprint density at radius 3 is 2.42 bits per heavy atom. The van der Waals surface area contributed by atoms with Gasteiger partial charge in [0.25, 0.3) is 5.91 Å². The van der Waals surface area contributed by atoms with Crippen LogP contribution in [0.2, 0.25) is 0 Å². The van der Waals surface area contributed by atoms with Gasteiger partial charge in [0.1, 0.15) is 0 Å². The quantitative estimate of drug-likeness (QED) is 0.529. The highest BCUT2D eigenvalue weighted by Gasteiger charge is 2.35. The normalized spacial score (nSPS) is 16.4. The van der Waals surface area contributed by atoms with Gasteiger partial charge in [-0.1, -0.05) is 42.5 Å². The minimum Gasteiger partial charge on any atom is -0.504 e. The minimum atomic E-state index is -0.140. The van der Waals surface area contributed by atoms with Crippen LogP contribution in [0.15, 0.2) is 76.6 Å². The summed E-state index contributed by atoms with van der Waals surface area (Å²) in [4.78, 5) is 20.5. The van der Waals surface area contributed by atoms with E-state index >= 15 is 0 Å². The smallest absolute Gasteiger partial charge is 0.271 e. The topological polar surface area (TPSA) is 62.1 Å². The van der Waals surface area contributed by atoms with E-state index in [1.165, 1.54) is 18.9 Å². The Bertz CT molecular complexity index is 1220. The molecule has 0 spiro atoms. The van der Waals surface area contributed by atoms with Crippen LogP contribution in [0.25, 0.3) is 6.08 Å². The van der Waals surface area contributed by atoms with Gasteiger partial charge in [0.05, 0.1) is 23.4 Å². The fraction of sp³-hybridized carbons (Fsp3) is 0.120. The first kappa shape index (κ1) is 20.8. The van der Waals surface area contributed by atoms with Gasteiger partial charge in [0.2, 0.25) is 0 Å². The van der Waals surface area contributed by atoms with Crippen LogP contribution in [0, 0.1) is 13.8 Å². The van der Waals surface area contributed by atoms with Crippen LogP contribution in [-0.2, 0) is 4.79 Å². The summed E-state index contributed by atoms with van der Waals surface area (Å²) in [5, 5.41) is 10.5. The molecule has 31 heavy (non-hydrogen) atoms. The number of nitrogens with zero attached hydrogens (tertiary/aromatic N) is 2. The Labute approximate surface area is 185 Å². The number of phenolic OH excluding ortho intramolecular Hbond substituents is 1. The number of amidine groups is 1. The third-order valence-electron chi connectivity index (χ3n) is 5.00. The number of aryl methyl sites for hydroxylation is 2. The Kier molecular flexibility index (Phi) is 5.82. The molecule has 0 aliphatic carbocycles. The molecule has 0 unspecified atom stereocenters. The average Bonchev–Trinajstić information content (AvgIpc) is 3.06. The van der Waals surface area contributed by atoms with Gasteiger partial charge >= 0.3 is 0 Å². The van der Waals surface area contributed by atoms with E-state index in [4.69, 9.17) is 9.73 Å². The van der Waals surface area contributed by atoms with Crippen molar-refractivity contribution in [3.8, 4) is 11.5 Å². The maximum atomic E-state index is 13.4. The van der Waals surface area contributed by atoms with Gasteiger partial charge < -0.3 is 9.84 Å². The highest BCUT2D eigenvalue weighted by molar-refractivity contribution is 8.19. The molecule has 3 aromatic carbocycles. The summed E-state index contributed by atoms with van der Waals surface area (Å²) in [6, 6.07) is 20.6. The maximum Gasteiger partial charge on any atom is 0.271 e. The molecule has 1 aliphatic heterocycles. The van der Waals surface area contributed by atoms with Gasteiger partial charge in [-0.25, -0.2) is 4.99 Å². The van der Waals surface area contributed by atoms with Crippen molar-refractivity contribution in [1.82, 2.24) is 0 Å². The number of hydrogen-bond donors (Lipinski definition) is 1. The predicted octanol–water partition coefficient (Wildman–Crippen LogP) is 5.83. The minimum absolute atomic E-state index is 0.0541. The van der Waals surface area contributed by atoms with E-state index in [0.29, 0.717) is 15.8 Å². The summed E-state index contributed by atoms with van der Waals surface area (Å²) >= 11 is 1.33. The molecule has 1 N–H and O–H groups in total. The molecule has 4 rings (SSSR count). The van der Waals surface area contributed by atoms with E-state index < -0.39 is 0 Å². The van der Waals surface area contributed by atoms with Crippen molar-refractivity contribution in [2.75, 3.05) is 12.0 Å². The Morgan fingerprint density at radius 2 is 1.71 bits per heavy atom. The zero-order valence-corrected chi connectivity index (χ0v) is 18.3. The van der Waals surface area contributed by atoms with E-state index in [0.717, 1.165) is 28.1 Å². The van der Waals surface area contributed by atoms with Crippen molar-refractivity contribution in [1.29, 1.82) is 0 Å². The number of thioether (sulfide) groups is 1. The van der Waals surface area contributed by atoms with E-state index in [1.807, 2.05) is 62.4 Å². The van der Waals surface area contributed by atoms with Crippen molar-refractivity contribution in [2.45, 2.75) is 13.8 Å². The second kappa shape index (κ2) is 8.70. The lowest BCUT2D eigenvalue weighted by Gasteiger charge is -2.18. The second-order valence-corrected chi connectivity index (χ2v) is 8.16. The summed E-state index contributed by atoms with van der Waals surface area (Å²) in [6.07, 6.45) is 1.79. The molecule has 1 saturated heterocycles. The molecule has 1 aliphatic rings. The van der Waals surface area contributed by atoms with Gasteiger partial charge in [-0.2, -0.15) is 0 Å². The van der Waals surface area contributed by atoms with Crippen LogP contribution in [0.1, 0.15) is 16.7 Å². The number of phenols is 1. The molecule has 0 bridgehead atoms. The van der Waals surface area contributed by atoms with Gasteiger partial charge in [-0.05, 0) is 72.6 Å². The van der Waals surface area contributed by atoms with E-state index in [-0.39, 0.29) is 11.7 Å². The SMILES string of the molecule is COc1cc(/C=C2\SC(=Nc3ccccc3C)N(c3ccccc3C)C2=O)ccc1O. The summed E-state index contributed by atoms with van der Waals surface area (Å²) in [6.45, 7) is 3.98. The molecule has 0 atom stereocenters. The molecular weight excluding hydrogens is 408 g/mol. The number of aliphatic imine (C=N–C) groups is 1. The van der Waals surface area contributed by atoms with Crippen LogP contribution in [0.5, 0.6) is 11.5 Å². The third-order valence-corrected chi connectivity index (χ3v) is 5.96. The summed E-state index contributed by atoms with van der Waals surface area (Å²) in [5.74, 6) is 0.270. The standard InChI is InChI=1S/C25H22N2O3S/c1-16-8-4-6-10-19(16)26-25-27(20-11-7-5-9-17(20)2)24(29)23(31-25)15-18-12-13-21(28)22(14-18)30-3/h4-15,28H,1-3H3/b23-15-,26-25?. The van der Waals surface area contributed by atoms with Crippen molar-refractivity contribution < 1.29 is 14.6 Å². The molecule has 0 aromatic heterocycles. The number of aromatic hydroxyl groups is 1. The highest BCUT2D eigenvalue weighted by Crippen LogP contribution is 2.39. The van der Waals surface area contributed by atoms with E-state index in [2.05, 4.69) is 0 Å². The highest BCUT2D eigenvalue weighted by atomic mass is 32.2. The van der Waals surface area contributed by atoms with Crippen molar-refractivity contribution in [2.24, 2.45) is 4.99 Å². The molecule has 5 nitrogen and oxygen atoms in total. The number of anilines is 1. The van der Waals surface area contributed by atoms with Crippen LogP contribution >= 0.6 is 11.8 Å². The number of ether oxygens (including phenoxy) is 1. The van der Waals surface area contributed by atoms with Crippen LogP contribution in [0.3, 0.4) is 0 Å². The molecule has 3 aromatic rings. The Hall–Kier alpha value is -3.51. The molecule has 6 heteroatoms. The predicted molar refractivity (Wildman–Crippen MR) is 127 cm³/mol. The van der Waals surface area contributed by atoms with Crippen molar-refractivity contribution >= 4 is 40.3 Å². The molecule has 1 amide bonds. The number of carbonyl (C=O) groups excluding carboxylic acids is 1. The van der Waals surface area contributed by atoms with Gasteiger partial charge in [-0.3, -0.25) is 9.69 Å². The second-order valence-electron chi connectivity index (χ2n) is 7.15. The molecule has 1 fully saturated rings. The van der Waals surface area contributed by atoms with Crippen LogP contribution in [0.4, 0.5) is 11.4 Å². The fourth-order valence-corrected chi connectivity index (χ4v) is 4.29. The van der Waals surface area contributed by atoms with Crippen LogP contribution in [-0.4, -0.2) is 23.3 Å². The first-order valence-corrected chi connectivity index (χ1v) is 10.6. The summed E-state index contributed by atoms with van der Waals surface area (Å²) < 4.78 is 5.19. The number of para-hydroxylation sites is 2. The number of carbonyl (C=O) groups is 1. The van der Waals surface area contributed by atoms with Gasteiger partial charge in [-0.15, -0.1) is 0 Å². The van der Waals surface area contributed by atoms with E-state index in [1.54, 1.807) is 29.2 Å². The lowest BCUT2D eigenvalue weighted by molar-refractivity contribution is -0.113. The number of amides is 1. The molecule has 1 heterocycles. The molecule has 156 valence electrons. The Morgan fingerprint density at radius 1 is 1.00 bits per heavy atom. The Balaban J connectivity index is 1.81. The number of methoxy groups -OCH3 is 1. The summed E-state index contributed by atoms with van der Waals surface area (Å²) in [5.41, 5.74) is 4.41. The van der Waals surface area contributed by atoms with Gasteiger partial charge in [0, 0.05) is 0 Å². The lowest BCUT2D eigenvalue weighted by Crippen LogP contribution is -2.29. The molecule has 0 saturated carbocycles. The first-order valence-electron chi connectivity index (χ1n) is 9.79.